The molecule has 0 unspecified atom stereocenters. The third-order valence-electron chi connectivity index (χ3n) is 9.01. The van der Waals surface area contributed by atoms with Gasteiger partial charge in [-0.1, -0.05) is 72.8 Å². The van der Waals surface area contributed by atoms with E-state index >= 15 is 0 Å². The highest BCUT2D eigenvalue weighted by Gasteiger charge is 2.45. The first-order chi connectivity index (χ1) is 23.2. The van der Waals surface area contributed by atoms with Crippen molar-refractivity contribution in [1.29, 1.82) is 0 Å². The molecule has 0 aliphatic carbocycles. The number of allylic oxidation sites excluding steroid dienone is 1. The Morgan fingerprint density at radius 2 is 1.35 bits per heavy atom. The zero-order chi connectivity index (χ0) is 33.3. The van der Waals surface area contributed by atoms with Gasteiger partial charge in [0.05, 0.1) is 11.2 Å². The molecule has 0 saturated carbocycles. The molecule has 0 atom stereocenters. The molecule has 1 aliphatic heterocycles. The van der Waals surface area contributed by atoms with E-state index in [-0.39, 0.29) is 11.2 Å². The van der Waals surface area contributed by atoms with Gasteiger partial charge in [-0.3, -0.25) is 4.55 Å². The molecule has 0 amide bonds. The van der Waals surface area contributed by atoms with Crippen molar-refractivity contribution >= 4 is 66.8 Å². The van der Waals surface area contributed by atoms with Gasteiger partial charge < -0.3 is 4.90 Å². The van der Waals surface area contributed by atoms with Gasteiger partial charge in [0.15, 0.2) is 5.71 Å². The van der Waals surface area contributed by atoms with Crippen molar-refractivity contribution in [1.82, 2.24) is 0 Å². The summed E-state index contributed by atoms with van der Waals surface area (Å²) in [5, 5.41) is 2.38. The number of para-hydroxylation sites is 2. The summed E-state index contributed by atoms with van der Waals surface area (Å²) in [5.41, 5.74) is 7.57. The molecule has 2 heterocycles. The number of anilines is 3. The molecule has 6 aromatic rings. The van der Waals surface area contributed by atoms with E-state index in [1.54, 1.807) is 11.3 Å². The van der Waals surface area contributed by atoms with E-state index in [4.69, 9.17) is 0 Å². The van der Waals surface area contributed by atoms with Crippen molar-refractivity contribution < 1.29 is 17.5 Å². The van der Waals surface area contributed by atoms with Crippen LogP contribution in [0.25, 0.3) is 27.3 Å². The van der Waals surface area contributed by atoms with Crippen LogP contribution in [0.3, 0.4) is 0 Å². The predicted octanol–water partition coefficient (Wildman–Crippen LogP) is 10.4. The summed E-state index contributed by atoms with van der Waals surface area (Å²) in [7, 11) is -4.04. The second kappa shape index (κ2) is 13.0. The Balaban J connectivity index is 1.18. The van der Waals surface area contributed by atoms with Gasteiger partial charge in [0.25, 0.3) is 10.1 Å². The van der Waals surface area contributed by atoms with E-state index in [1.807, 2.05) is 12.1 Å². The summed E-state index contributed by atoms with van der Waals surface area (Å²) in [6.45, 7) is 4.95. The number of hydrogen-bond donors (Lipinski definition) is 1. The quantitative estimate of drug-likeness (QED) is 0.116. The topological polar surface area (TPSA) is 60.6 Å². The minimum Gasteiger partial charge on any atom is -0.311 e. The van der Waals surface area contributed by atoms with Crippen molar-refractivity contribution in [3.05, 3.63) is 150 Å². The van der Waals surface area contributed by atoms with Crippen LogP contribution in [0.4, 0.5) is 22.7 Å². The molecule has 1 N–H and O–H groups in total. The standard InChI is InChI=1S/C41H36N2O3S2/c1-41(2)39(42(28-11-29-48(44,45)46)37-25-20-30-12-9-10-17-36(30)40(37)41)27-24-35-23-26-38(47-35)31-18-21-34(22-19-31)43(32-13-5-3-6-14-32)33-15-7-4-8-16-33/h3-10,12-27H,11,28-29H2,1-2H3/p+1. The van der Waals surface area contributed by atoms with Crippen LogP contribution in [-0.4, -0.2) is 35.6 Å². The first-order valence-corrected chi connectivity index (χ1v) is 18.5. The molecule has 5 nitrogen and oxygen atoms in total. The summed E-state index contributed by atoms with van der Waals surface area (Å²) in [6, 6.07) is 46.5. The van der Waals surface area contributed by atoms with E-state index in [0.717, 1.165) is 38.9 Å². The lowest BCUT2D eigenvalue weighted by Gasteiger charge is -2.25. The van der Waals surface area contributed by atoms with E-state index in [9.17, 15) is 13.0 Å². The molecule has 48 heavy (non-hydrogen) atoms. The molecule has 0 fully saturated rings. The Bertz CT molecular complexity index is 2210. The zero-order valence-corrected chi connectivity index (χ0v) is 28.6. The first-order valence-electron chi connectivity index (χ1n) is 16.1. The number of fused-ring (bicyclic) bond motifs is 3. The lowest BCUT2D eigenvalue weighted by Crippen LogP contribution is -2.28. The van der Waals surface area contributed by atoms with Crippen molar-refractivity contribution in [2.75, 3.05) is 17.2 Å². The normalized spacial score (nSPS) is 14.1. The highest BCUT2D eigenvalue weighted by atomic mass is 32.2. The number of nitrogens with zero attached hydrogens (tertiary/aromatic N) is 2. The van der Waals surface area contributed by atoms with Crippen LogP contribution in [0.2, 0.25) is 0 Å². The van der Waals surface area contributed by atoms with Crippen molar-refractivity contribution in [3.8, 4) is 10.4 Å². The van der Waals surface area contributed by atoms with Crippen LogP contribution in [0.15, 0.2) is 140 Å². The molecule has 1 aromatic heterocycles. The first kappa shape index (κ1) is 31.8. The van der Waals surface area contributed by atoms with Crippen LogP contribution in [0, 0.1) is 0 Å². The maximum Gasteiger partial charge on any atom is 0.265 e. The molecule has 5 aromatic carbocycles. The van der Waals surface area contributed by atoms with Gasteiger partial charge >= 0.3 is 0 Å². The summed E-state index contributed by atoms with van der Waals surface area (Å²) in [5.74, 6) is -0.272. The third-order valence-corrected chi connectivity index (χ3v) is 10.9. The van der Waals surface area contributed by atoms with Gasteiger partial charge in [-0.25, -0.2) is 0 Å². The Labute approximate surface area is 286 Å². The summed E-state index contributed by atoms with van der Waals surface area (Å²) >= 11 is 1.74. The SMILES string of the molecule is CC1(C)C(/C=C/c2ccc(-c3ccc(N(c4ccccc4)c4ccccc4)cc3)s2)=[N+](CCCS(=O)(=O)O)c2ccc3ccccc3c21. The molecule has 0 radical (unpaired) electrons. The molecule has 1 aliphatic rings. The molecule has 0 spiro atoms. The zero-order valence-electron chi connectivity index (χ0n) is 27.0. The molecule has 7 heteroatoms. The fourth-order valence-corrected chi connectivity index (χ4v) is 8.23. The second-order valence-corrected chi connectivity index (χ2v) is 15.3. The van der Waals surface area contributed by atoms with Gasteiger partial charge in [-0.2, -0.15) is 13.0 Å². The summed E-state index contributed by atoms with van der Waals surface area (Å²) in [6.07, 6.45) is 4.66. The van der Waals surface area contributed by atoms with Gasteiger partial charge in [0, 0.05) is 50.9 Å². The molecule has 240 valence electrons. The van der Waals surface area contributed by atoms with E-state index in [0.29, 0.717) is 13.0 Å². The van der Waals surface area contributed by atoms with E-state index in [1.165, 1.54) is 21.2 Å². The molecule has 7 rings (SSSR count). The highest BCUT2D eigenvalue weighted by molar-refractivity contribution is 7.85. The number of benzene rings is 5. The lowest BCUT2D eigenvalue weighted by molar-refractivity contribution is -0.437. The molecular formula is C41H37N2O3S2+. The Morgan fingerprint density at radius 3 is 2.02 bits per heavy atom. The average Bonchev–Trinajstić information content (AvgIpc) is 3.65. The third kappa shape index (κ3) is 6.37. The number of rotatable bonds is 10. The number of hydrogen-bond acceptors (Lipinski definition) is 4. The molecule has 0 saturated heterocycles. The summed E-state index contributed by atoms with van der Waals surface area (Å²) < 4.78 is 34.8. The minimum atomic E-state index is -4.04. The summed E-state index contributed by atoms with van der Waals surface area (Å²) in [4.78, 5) is 4.57. The fraction of sp³-hybridized carbons (Fsp3) is 0.146. The predicted molar refractivity (Wildman–Crippen MR) is 201 cm³/mol. The lowest BCUT2D eigenvalue weighted by atomic mass is 9.79. The fourth-order valence-electron chi connectivity index (χ4n) is 6.82. The van der Waals surface area contributed by atoms with Gasteiger partial charge in [-0.05, 0) is 90.9 Å². The monoisotopic (exact) mass is 669 g/mol. The smallest absolute Gasteiger partial charge is 0.265 e. The Hall–Kier alpha value is -4.82. The van der Waals surface area contributed by atoms with Crippen LogP contribution >= 0.6 is 11.3 Å². The van der Waals surface area contributed by atoms with Gasteiger partial charge in [0.2, 0.25) is 5.69 Å². The Morgan fingerprint density at radius 1 is 0.729 bits per heavy atom. The molecule has 0 bridgehead atoms. The average molecular weight is 670 g/mol. The van der Waals surface area contributed by atoms with Crippen LogP contribution in [0.5, 0.6) is 0 Å². The maximum absolute atomic E-state index is 11.6. The number of thiophene rings is 1. The second-order valence-electron chi connectivity index (χ2n) is 12.6. The van der Waals surface area contributed by atoms with Crippen LogP contribution in [0.1, 0.15) is 30.7 Å². The van der Waals surface area contributed by atoms with Crippen LogP contribution < -0.4 is 4.90 Å². The largest absolute Gasteiger partial charge is 0.311 e. The van der Waals surface area contributed by atoms with E-state index < -0.39 is 10.1 Å². The van der Waals surface area contributed by atoms with Gasteiger partial charge in [0.1, 0.15) is 6.54 Å². The van der Waals surface area contributed by atoms with Gasteiger partial charge in [-0.15, -0.1) is 11.3 Å². The Kier molecular flexibility index (Phi) is 8.60. The van der Waals surface area contributed by atoms with Crippen molar-refractivity contribution in [3.63, 3.8) is 0 Å². The minimum absolute atomic E-state index is 0.272. The molecular weight excluding hydrogens is 633 g/mol. The van der Waals surface area contributed by atoms with Crippen molar-refractivity contribution in [2.24, 2.45) is 0 Å². The van der Waals surface area contributed by atoms with Crippen LogP contribution in [-0.2, 0) is 15.5 Å². The van der Waals surface area contributed by atoms with Crippen molar-refractivity contribution in [2.45, 2.75) is 25.7 Å². The maximum atomic E-state index is 11.6. The van der Waals surface area contributed by atoms with E-state index in [2.05, 4.69) is 157 Å². The highest BCUT2D eigenvalue weighted by Crippen LogP contribution is 2.45.